The maximum Gasteiger partial charge on any atom is 0.271 e. The van der Waals surface area contributed by atoms with E-state index < -0.39 is 4.92 Å². The van der Waals surface area contributed by atoms with Gasteiger partial charge in [-0.15, -0.1) is 0 Å². The van der Waals surface area contributed by atoms with E-state index in [1.54, 1.807) is 6.07 Å². The zero-order chi connectivity index (χ0) is 18.4. The Bertz CT molecular complexity index is 1330. The number of rotatable bonds is 3. The van der Waals surface area contributed by atoms with Crippen molar-refractivity contribution < 1.29 is 4.92 Å². The van der Waals surface area contributed by atoms with Crippen molar-refractivity contribution in [2.24, 2.45) is 0 Å². The second-order valence-corrected chi connectivity index (χ2v) is 6.41. The number of nitro groups is 1. The van der Waals surface area contributed by atoms with E-state index in [9.17, 15) is 10.1 Å². The van der Waals surface area contributed by atoms with Crippen LogP contribution in [0.15, 0.2) is 72.8 Å². The van der Waals surface area contributed by atoms with Gasteiger partial charge in [0.25, 0.3) is 5.69 Å². The minimum absolute atomic E-state index is 0.0178. The van der Waals surface area contributed by atoms with Gasteiger partial charge in [0.05, 0.1) is 21.5 Å². The first-order valence-corrected chi connectivity index (χ1v) is 8.58. The molecule has 5 rings (SSSR count). The monoisotopic (exact) mass is 354 g/mol. The Morgan fingerprint density at radius 2 is 1.67 bits per heavy atom. The third-order valence-electron chi connectivity index (χ3n) is 4.73. The van der Waals surface area contributed by atoms with E-state index in [0.717, 1.165) is 22.1 Å². The molecule has 5 aromatic rings. The lowest BCUT2D eigenvalue weighted by molar-refractivity contribution is -0.384. The van der Waals surface area contributed by atoms with Gasteiger partial charge in [-0.25, -0.2) is 9.97 Å². The van der Waals surface area contributed by atoms with Gasteiger partial charge in [-0.3, -0.25) is 10.1 Å². The van der Waals surface area contributed by atoms with E-state index >= 15 is 0 Å². The van der Waals surface area contributed by atoms with Crippen LogP contribution in [-0.4, -0.2) is 19.5 Å². The molecule has 2 heterocycles. The predicted molar refractivity (Wildman–Crippen MR) is 105 cm³/mol. The molecular formula is C21H14N4O2. The summed E-state index contributed by atoms with van der Waals surface area (Å²) in [5.41, 5.74) is 4.94. The predicted octanol–water partition coefficient (Wildman–Crippen LogP) is 4.69. The molecule has 27 heavy (non-hydrogen) atoms. The molecule has 0 aliphatic carbocycles. The summed E-state index contributed by atoms with van der Waals surface area (Å²) in [6.45, 7) is 0.679. The highest BCUT2D eigenvalue weighted by molar-refractivity contribution is 6.06. The van der Waals surface area contributed by atoms with Crippen LogP contribution in [-0.2, 0) is 6.54 Å². The SMILES string of the molecule is O=[N+]([O-])c1ccc2nc3c(nc2c1)c1ccccc1n3Cc1ccccc1. The Labute approximate surface area is 153 Å². The van der Waals surface area contributed by atoms with Gasteiger partial charge in [0.1, 0.15) is 5.52 Å². The van der Waals surface area contributed by atoms with Gasteiger partial charge in [0.2, 0.25) is 0 Å². The lowest BCUT2D eigenvalue weighted by Gasteiger charge is -2.07. The summed E-state index contributed by atoms with van der Waals surface area (Å²) in [5, 5.41) is 12.1. The third kappa shape index (κ3) is 2.50. The summed E-state index contributed by atoms with van der Waals surface area (Å²) < 4.78 is 2.15. The molecular weight excluding hydrogens is 340 g/mol. The smallest absolute Gasteiger partial charge is 0.271 e. The fourth-order valence-corrected chi connectivity index (χ4v) is 3.47. The summed E-state index contributed by atoms with van der Waals surface area (Å²) in [6.07, 6.45) is 0. The van der Waals surface area contributed by atoms with Gasteiger partial charge in [0.15, 0.2) is 5.65 Å². The Morgan fingerprint density at radius 1 is 0.889 bits per heavy atom. The van der Waals surface area contributed by atoms with Crippen molar-refractivity contribution in [3.05, 3.63) is 88.5 Å². The van der Waals surface area contributed by atoms with Crippen LogP contribution in [0.5, 0.6) is 0 Å². The second-order valence-electron chi connectivity index (χ2n) is 6.41. The Morgan fingerprint density at radius 3 is 2.48 bits per heavy atom. The van der Waals surface area contributed by atoms with Crippen molar-refractivity contribution in [3.8, 4) is 0 Å². The van der Waals surface area contributed by atoms with Crippen molar-refractivity contribution >= 4 is 38.8 Å². The molecule has 0 bridgehead atoms. The molecule has 0 amide bonds. The molecule has 3 aromatic carbocycles. The van der Waals surface area contributed by atoms with E-state index in [1.165, 1.54) is 17.7 Å². The van der Waals surface area contributed by atoms with E-state index in [-0.39, 0.29) is 5.69 Å². The first-order chi connectivity index (χ1) is 13.2. The van der Waals surface area contributed by atoms with Crippen LogP contribution in [0.25, 0.3) is 33.1 Å². The van der Waals surface area contributed by atoms with Crippen LogP contribution < -0.4 is 0 Å². The minimum Gasteiger partial charge on any atom is -0.319 e. The second kappa shape index (κ2) is 5.88. The summed E-state index contributed by atoms with van der Waals surface area (Å²) in [6, 6.07) is 22.8. The van der Waals surface area contributed by atoms with Gasteiger partial charge >= 0.3 is 0 Å². The average Bonchev–Trinajstić information content (AvgIpc) is 3.00. The van der Waals surface area contributed by atoms with E-state index in [2.05, 4.69) is 22.8 Å². The summed E-state index contributed by atoms with van der Waals surface area (Å²) >= 11 is 0. The van der Waals surface area contributed by atoms with E-state index in [0.29, 0.717) is 17.6 Å². The summed E-state index contributed by atoms with van der Waals surface area (Å²) in [7, 11) is 0. The number of aromatic nitrogens is 3. The van der Waals surface area contributed by atoms with Crippen LogP contribution in [0.3, 0.4) is 0 Å². The first kappa shape index (κ1) is 15.5. The molecule has 0 aliphatic rings. The normalized spacial score (nSPS) is 11.4. The number of nitrogens with zero attached hydrogens (tertiary/aromatic N) is 4. The molecule has 2 aromatic heterocycles. The first-order valence-electron chi connectivity index (χ1n) is 8.58. The summed E-state index contributed by atoms with van der Waals surface area (Å²) in [4.78, 5) is 20.2. The Balaban J connectivity index is 1.82. The Hall–Kier alpha value is -3.80. The number of para-hydroxylation sites is 1. The number of hydrogen-bond acceptors (Lipinski definition) is 4. The van der Waals surface area contributed by atoms with E-state index in [4.69, 9.17) is 9.97 Å². The maximum absolute atomic E-state index is 11.1. The average molecular weight is 354 g/mol. The molecule has 0 aliphatic heterocycles. The van der Waals surface area contributed by atoms with Gasteiger partial charge in [-0.05, 0) is 17.7 Å². The quantitative estimate of drug-likeness (QED) is 0.348. The number of nitro benzene ring substituents is 1. The molecule has 0 saturated heterocycles. The zero-order valence-electron chi connectivity index (χ0n) is 14.2. The number of benzene rings is 3. The van der Waals surface area contributed by atoms with Crippen LogP contribution in [0.4, 0.5) is 5.69 Å². The van der Waals surface area contributed by atoms with Crippen molar-refractivity contribution in [2.75, 3.05) is 0 Å². The van der Waals surface area contributed by atoms with Gasteiger partial charge in [-0.2, -0.15) is 0 Å². The molecule has 0 N–H and O–H groups in total. The highest BCUT2D eigenvalue weighted by atomic mass is 16.6. The molecule has 6 heteroatoms. The maximum atomic E-state index is 11.1. The van der Waals surface area contributed by atoms with Crippen molar-refractivity contribution in [1.82, 2.24) is 14.5 Å². The number of fused-ring (bicyclic) bond motifs is 4. The third-order valence-corrected chi connectivity index (χ3v) is 4.73. The molecule has 0 atom stereocenters. The largest absolute Gasteiger partial charge is 0.319 e. The van der Waals surface area contributed by atoms with E-state index in [1.807, 2.05) is 36.4 Å². The van der Waals surface area contributed by atoms with Crippen molar-refractivity contribution in [1.29, 1.82) is 0 Å². The van der Waals surface area contributed by atoms with Crippen molar-refractivity contribution in [3.63, 3.8) is 0 Å². The lowest BCUT2D eigenvalue weighted by Crippen LogP contribution is -2.01. The lowest BCUT2D eigenvalue weighted by atomic mass is 10.2. The topological polar surface area (TPSA) is 73.8 Å². The molecule has 0 unspecified atom stereocenters. The highest BCUT2D eigenvalue weighted by Crippen LogP contribution is 2.29. The molecule has 0 saturated carbocycles. The van der Waals surface area contributed by atoms with Crippen molar-refractivity contribution in [2.45, 2.75) is 6.54 Å². The molecule has 0 spiro atoms. The van der Waals surface area contributed by atoms with Gasteiger partial charge in [0, 0.05) is 24.1 Å². The van der Waals surface area contributed by atoms with Crippen LogP contribution in [0, 0.1) is 10.1 Å². The molecule has 6 nitrogen and oxygen atoms in total. The molecule has 0 radical (unpaired) electrons. The van der Waals surface area contributed by atoms with Gasteiger partial charge < -0.3 is 4.57 Å². The number of non-ortho nitro benzene ring substituents is 1. The fraction of sp³-hybridized carbons (Fsp3) is 0.0476. The minimum atomic E-state index is -0.413. The van der Waals surface area contributed by atoms with Crippen LogP contribution >= 0.6 is 0 Å². The summed E-state index contributed by atoms with van der Waals surface area (Å²) in [5.74, 6) is 0. The highest BCUT2D eigenvalue weighted by Gasteiger charge is 2.16. The van der Waals surface area contributed by atoms with Crippen LogP contribution in [0.2, 0.25) is 0 Å². The van der Waals surface area contributed by atoms with Gasteiger partial charge in [-0.1, -0.05) is 48.5 Å². The molecule has 130 valence electrons. The standard InChI is InChI=1S/C21H14N4O2/c26-25(27)15-10-11-17-18(12-15)22-20-16-8-4-5-9-19(16)24(21(20)23-17)13-14-6-2-1-3-7-14/h1-12H,13H2. The zero-order valence-corrected chi connectivity index (χ0v) is 14.2. The fourth-order valence-electron chi connectivity index (χ4n) is 3.47. The molecule has 0 fully saturated rings. The van der Waals surface area contributed by atoms with Crippen LogP contribution in [0.1, 0.15) is 5.56 Å². The Kier molecular flexibility index (Phi) is 3.36. The number of hydrogen-bond donors (Lipinski definition) is 0.